The van der Waals surface area contributed by atoms with Crippen LogP contribution in [-0.4, -0.2) is 67.6 Å². The quantitative estimate of drug-likeness (QED) is 0.262. The van der Waals surface area contributed by atoms with Crippen molar-refractivity contribution >= 4 is 51.8 Å². The van der Waals surface area contributed by atoms with E-state index < -0.39 is 5.95 Å². The minimum absolute atomic E-state index is 0.378. The number of nitrogens with one attached hydrogen (secondary N) is 1. The van der Waals surface area contributed by atoms with E-state index in [2.05, 4.69) is 34.9 Å². The summed E-state index contributed by atoms with van der Waals surface area (Å²) in [5.41, 5.74) is 1.20. The summed E-state index contributed by atoms with van der Waals surface area (Å²) in [6.45, 7) is 3.23. The monoisotopic (exact) mass is 514 g/mol. The molecular formula is C25H23FN10S. The van der Waals surface area contributed by atoms with Gasteiger partial charge in [0.2, 0.25) is 11.9 Å². The molecule has 0 aliphatic carbocycles. The van der Waals surface area contributed by atoms with E-state index in [1.807, 2.05) is 42.8 Å². The standard InChI is InChI=1S/C25H23FN10S/c1-37-25-30-21(35-13-11-34(12-14-35)20-5-2-3-8-27-20)16-22(31-25)36(24-28-9-4-10-29-24)17-6-7-19-18(15-17)23(26)33-32-19/h2-10,15-16H,11-14H2,1H3,(H,32,33). The van der Waals surface area contributed by atoms with Crippen LogP contribution in [-0.2, 0) is 0 Å². The van der Waals surface area contributed by atoms with Crippen LogP contribution in [0.25, 0.3) is 10.9 Å². The van der Waals surface area contributed by atoms with Crippen molar-refractivity contribution in [2.45, 2.75) is 5.16 Å². The van der Waals surface area contributed by atoms with Crippen LogP contribution in [0.1, 0.15) is 0 Å². The Labute approximate surface area is 216 Å². The molecule has 0 amide bonds. The zero-order valence-corrected chi connectivity index (χ0v) is 20.8. The molecular weight excluding hydrogens is 491 g/mol. The Hall–Kier alpha value is -4.32. The lowest BCUT2D eigenvalue weighted by Gasteiger charge is -2.36. The number of rotatable bonds is 6. The topological polar surface area (TPSA) is 103 Å². The fourth-order valence-corrected chi connectivity index (χ4v) is 4.71. The average molecular weight is 515 g/mol. The SMILES string of the molecule is CSc1nc(N2CCN(c3ccccn3)CC2)cc(N(c2ccc3n[nH]c(F)c3c2)c2ncccn2)n1. The maximum atomic E-state index is 14.4. The molecule has 1 N–H and O–H groups in total. The van der Waals surface area contributed by atoms with Crippen LogP contribution in [0.5, 0.6) is 0 Å². The van der Waals surface area contributed by atoms with Crippen molar-refractivity contribution < 1.29 is 4.39 Å². The molecule has 0 spiro atoms. The van der Waals surface area contributed by atoms with Crippen LogP contribution in [0.15, 0.2) is 72.3 Å². The highest BCUT2D eigenvalue weighted by atomic mass is 32.2. The lowest BCUT2D eigenvalue weighted by atomic mass is 10.2. The number of halogens is 1. The van der Waals surface area contributed by atoms with Crippen molar-refractivity contribution in [2.24, 2.45) is 0 Å². The molecule has 4 aromatic heterocycles. The number of hydrogen-bond donors (Lipinski definition) is 1. The summed E-state index contributed by atoms with van der Waals surface area (Å²) in [6, 6.07) is 15.0. The van der Waals surface area contributed by atoms with E-state index in [0.29, 0.717) is 33.5 Å². The maximum Gasteiger partial charge on any atom is 0.235 e. The number of H-pyrrole nitrogens is 1. The second-order valence-corrected chi connectivity index (χ2v) is 9.13. The normalized spacial score (nSPS) is 13.8. The molecule has 1 aromatic carbocycles. The third-order valence-corrected chi connectivity index (χ3v) is 6.72. The van der Waals surface area contributed by atoms with Crippen molar-refractivity contribution in [2.75, 3.05) is 47.1 Å². The van der Waals surface area contributed by atoms with Gasteiger partial charge in [-0.1, -0.05) is 17.8 Å². The molecule has 12 heteroatoms. The van der Waals surface area contributed by atoms with Gasteiger partial charge in [-0.05, 0) is 42.7 Å². The number of aromatic nitrogens is 7. The summed E-state index contributed by atoms with van der Waals surface area (Å²) in [6.07, 6.45) is 7.09. The van der Waals surface area contributed by atoms with E-state index in [9.17, 15) is 4.39 Å². The Kier molecular flexibility index (Phi) is 6.23. The van der Waals surface area contributed by atoms with Gasteiger partial charge in [-0.2, -0.15) is 9.49 Å². The number of pyridine rings is 1. The molecule has 0 unspecified atom stereocenters. The Morgan fingerprint density at radius 3 is 2.35 bits per heavy atom. The number of thioether (sulfide) groups is 1. The molecule has 0 radical (unpaired) electrons. The van der Waals surface area contributed by atoms with Gasteiger partial charge in [-0.15, -0.1) is 0 Å². The molecule has 186 valence electrons. The largest absolute Gasteiger partial charge is 0.353 e. The first-order chi connectivity index (χ1) is 18.2. The van der Waals surface area contributed by atoms with Crippen molar-refractivity contribution in [1.29, 1.82) is 0 Å². The number of aromatic amines is 1. The second kappa shape index (κ2) is 9.97. The minimum atomic E-state index is -0.496. The third kappa shape index (κ3) is 4.62. The van der Waals surface area contributed by atoms with Gasteiger partial charge >= 0.3 is 0 Å². The Morgan fingerprint density at radius 1 is 0.865 bits per heavy atom. The van der Waals surface area contributed by atoms with Gasteiger partial charge in [-0.3, -0.25) is 10.00 Å². The molecule has 0 bridgehead atoms. The molecule has 0 atom stereocenters. The molecule has 5 heterocycles. The number of fused-ring (bicyclic) bond motifs is 1. The first kappa shape index (κ1) is 23.1. The summed E-state index contributed by atoms with van der Waals surface area (Å²) < 4.78 is 14.4. The predicted octanol–water partition coefficient (Wildman–Crippen LogP) is 4.20. The summed E-state index contributed by atoms with van der Waals surface area (Å²) in [4.78, 5) is 29.3. The van der Waals surface area contributed by atoms with E-state index in [0.717, 1.165) is 37.8 Å². The summed E-state index contributed by atoms with van der Waals surface area (Å²) in [5.74, 6) is 2.30. The van der Waals surface area contributed by atoms with Crippen LogP contribution in [0.2, 0.25) is 0 Å². The van der Waals surface area contributed by atoms with Crippen LogP contribution in [0.4, 0.5) is 33.5 Å². The first-order valence-corrected chi connectivity index (χ1v) is 13.0. The molecule has 10 nitrogen and oxygen atoms in total. The third-order valence-electron chi connectivity index (χ3n) is 6.17. The molecule has 1 saturated heterocycles. The van der Waals surface area contributed by atoms with Crippen LogP contribution >= 0.6 is 11.8 Å². The van der Waals surface area contributed by atoms with Crippen molar-refractivity contribution in [3.8, 4) is 0 Å². The summed E-state index contributed by atoms with van der Waals surface area (Å²) in [7, 11) is 0. The Bertz CT molecular complexity index is 1510. The molecule has 1 fully saturated rings. The second-order valence-electron chi connectivity index (χ2n) is 8.36. The van der Waals surface area contributed by atoms with E-state index in [1.165, 1.54) is 11.8 Å². The Balaban J connectivity index is 1.37. The smallest absolute Gasteiger partial charge is 0.235 e. The van der Waals surface area contributed by atoms with Gasteiger partial charge in [0.1, 0.15) is 17.5 Å². The molecule has 1 aliphatic rings. The fourth-order valence-electron chi connectivity index (χ4n) is 4.34. The average Bonchev–Trinajstić information content (AvgIpc) is 3.34. The van der Waals surface area contributed by atoms with Gasteiger partial charge in [0.25, 0.3) is 0 Å². The molecule has 37 heavy (non-hydrogen) atoms. The highest BCUT2D eigenvalue weighted by Crippen LogP contribution is 2.35. The van der Waals surface area contributed by atoms with Gasteiger partial charge in [0, 0.05) is 50.8 Å². The van der Waals surface area contributed by atoms with Gasteiger partial charge < -0.3 is 9.80 Å². The Morgan fingerprint density at radius 2 is 1.62 bits per heavy atom. The number of benzene rings is 1. The first-order valence-electron chi connectivity index (χ1n) is 11.7. The van der Waals surface area contributed by atoms with Crippen LogP contribution in [0, 0.1) is 5.95 Å². The number of anilines is 5. The number of hydrogen-bond acceptors (Lipinski definition) is 10. The highest BCUT2D eigenvalue weighted by molar-refractivity contribution is 7.98. The summed E-state index contributed by atoms with van der Waals surface area (Å²) in [5, 5.41) is 7.40. The molecule has 6 rings (SSSR count). The zero-order chi connectivity index (χ0) is 25.2. The number of piperazine rings is 1. The van der Waals surface area contributed by atoms with E-state index in [-0.39, 0.29) is 0 Å². The van der Waals surface area contributed by atoms with Crippen molar-refractivity contribution in [3.05, 3.63) is 73.1 Å². The van der Waals surface area contributed by atoms with E-state index in [4.69, 9.17) is 9.97 Å². The van der Waals surface area contributed by atoms with Crippen molar-refractivity contribution in [3.63, 3.8) is 0 Å². The molecule has 0 saturated carbocycles. The minimum Gasteiger partial charge on any atom is -0.353 e. The fraction of sp³-hybridized carbons (Fsp3) is 0.200. The highest BCUT2D eigenvalue weighted by Gasteiger charge is 2.24. The van der Waals surface area contributed by atoms with Crippen LogP contribution < -0.4 is 14.7 Å². The van der Waals surface area contributed by atoms with Gasteiger partial charge in [0.05, 0.1) is 16.6 Å². The van der Waals surface area contributed by atoms with E-state index in [1.54, 1.807) is 35.5 Å². The van der Waals surface area contributed by atoms with Crippen LogP contribution in [0.3, 0.4) is 0 Å². The maximum absolute atomic E-state index is 14.4. The molecule has 5 aromatic rings. The van der Waals surface area contributed by atoms with Gasteiger partial charge in [-0.25, -0.2) is 24.9 Å². The molecule has 1 aliphatic heterocycles. The predicted molar refractivity (Wildman–Crippen MR) is 142 cm³/mol. The summed E-state index contributed by atoms with van der Waals surface area (Å²) >= 11 is 1.46. The van der Waals surface area contributed by atoms with Gasteiger partial charge in [0.15, 0.2) is 5.16 Å². The van der Waals surface area contributed by atoms with E-state index >= 15 is 0 Å². The zero-order valence-electron chi connectivity index (χ0n) is 20.0. The van der Waals surface area contributed by atoms with Crippen molar-refractivity contribution in [1.82, 2.24) is 35.1 Å². The number of nitrogens with zero attached hydrogens (tertiary/aromatic N) is 9. The lowest BCUT2D eigenvalue weighted by molar-refractivity contribution is 0.588. The lowest BCUT2D eigenvalue weighted by Crippen LogP contribution is -2.47.